The molecule has 144 valence electrons. The van der Waals surface area contributed by atoms with Gasteiger partial charge in [-0.2, -0.15) is 5.10 Å². The summed E-state index contributed by atoms with van der Waals surface area (Å²) in [6, 6.07) is 22.4. The van der Waals surface area contributed by atoms with Crippen LogP contribution in [-0.2, 0) is 6.54 Å². The van der Waals surface area contributed by atoms with E-state index < -0.39 is 0 Å². The molecule has 0 bridgehead atoms. The van der Waals surface area contributed by atoms with Gasteiger partial charge in [-0.05, 0) is 47.0 Å². The van der Waals surface area contributed by atoms with Crippen molar-refractivity contribution in [1.82, 2.24) is 9.78 Å². The molecule has 1 amide bonds. The number of benzene rings is 3. The SMILES string of the molecule is O=C(Nc1cc(Cl)ccc1Cl)c1ccccc1-c1ccc(Cn2cccn2)cc1. The van der Waals surface area contributed by atoms with Crippen LogP contribution in [0.4, 0.5) is 5.69 Å². The number of hydrogen-bond donors (Lipinski definition) is 1. The van der Waals surface area contributed by atoms with Crippen LogP contribution in [0.1, 0.15) is 15.9 Å². The zero-order valence-corrected chi connectivity index (χ0v) is 16.9. The number of halogens is 2. The van der Waals surface area contributed by atoms with E-state index in [0.29, 0.717) is 27.8 Å². The van der Waals surface area contributed by atoms with E-state index in [0.717, 1.165) is 16.7 Å². The minimum absolute atomic E-state index is 0.245. The summed E-state index contributed by atoms with van der Waals surface area (Å²) >= 11 is 12.2. The first-order valence-electron chi connectivity index (χ1n) is 9.02. The van der Waals surface area contributed by atoms with Gasteiger partial charge in [-0.15, -0.1) is 0 Å². The first-order valence-corrected chi connectivity index (χ1v) is 9.78. The fraction of sp³-hybridized carbons (Fsp3) is 0.0435. The van der Waals surface area contributed by atoms with Gasteiger partial charge < -0.3 is 5.32 Å². The van der Waals surface area contributed by atoms with Crippen molar-refractivity contribution in [1.29, 1.82) is 0 Å². The number of aromatic nitrogens is 2. The molecule has 0 fully saturated rings. The highest BCUT2D eigenvalue weighted by Crippen LogP contribution is 2.28. The van der Waals surface area contributed by atoms with Crippen LogP contribution in [0.5, 0.6) is 0 Å². The lowest BCUT2D eigenvalue weighted by atomic mass is 9.98. The van der Waals surface area contributed by atoms with Gasteiger partial charge >= 0.3 is 0 Å². The van der Waals surface area contributed by atoms with E-state index in [9.17, 15) is 4.79 Å². The van der Waals surface area contributed by atoms with Gasteiger partial charge in [0.1, 0.15) is 0 Å². The first-order chi connectivity index (χ1) is 14.1. The summed E-state index contributed by atoms with van der Waals surface area (Å²) in [6.07, 6.45) is 3.68. The van der Waals surface area contributed by atoms with Crippen LogP contribution in [0.25, 0.3) is 11.1 Å². The minimum Gasteiger partial charge on any atom is -0.321 e. The molecule has 1 N–H and O–H groups in total. The number of nitrogens with zero attached hydrogens (tertiary/aromatic N) is 2. The Bertz CT molecular complexity index is 1140. The maximum Gasteiger partial charge on any atom is 0.256 e. The lowest BCUT2D eigenvalue weighted by Gasteiger charge is -2.12. The molecule has 0 saturated carbocycles. The summed E-state index contributed by atoms with van der Waals surface area (Å²) in [5.74, 6) is -0.245. The largest absolute Gasteiger partial charge is 0.321 e. The normalized spacial score (nSPS) is 10.7. The second kappa shape index (κ2) is 8.52. The Hall–Kier alpha value is -3.08. The summed E-state index contributed by atoms with van der Waals surface area (Å²) in [6.45, 7) is 0.697. The lowest BCUT2D eigenvalue weighted by Crippen LogP contribution is -2.13. The maximum absolute atomic E-state index is 12.9. The summed E-state index contributed by atoms with van der Waals surface area (Å²) in [5.41, 5.74) is 3.97. The second-order valence-electron chi connectivity index (χ2n) is 6.52. The van der Waals surface area contributed by atoms with Crippen LogP contribution in [0.2, 0.25) is 10.0 Å². The molecule has 1 heterocycles. The number of carbonyl (C=O) groups is 1. The molecular weight excluding hydrogens is 405 g/mol. The molecule has 0 aliphatic heterocycles. The quantitative estimate of drug-likeness (QED) is 0.419. The Morgan fingerprint density at radius 2 is 1.76 bits per heavy atom. The molecular formula is C23H17Cl2N3O. The molecule has 0 saturated heterocycles. The number of anilines is 1. The third-order valence-electron chi connectivity index (χ3n) is 4.52. The molecule has 3 aromatic carbocycles. The zero-order valence-electron chi connectivity index (χ0n) is 15.3. The third-order valence-corrected chi connectivity index (χ3v) is 5.08. The van der Waals surface area contributed by atoms with Crippen molar-refractivity contribution >= 4 is 34.8 Å². The van der Waals surface area contributed by atoms with Crippen molar-refractivity contribution < 1.29 is 4.79 Å². The van der Waals surface area contributed by atoms with Crippen molar-refractivity contribution in [3.63, 3.8) is 0 Å². The Morgan fingerprint density at radius 3 is 2.52 bits per heavy atom. The molecule has 4 rings (SSSR count). The second-order valence-corrected chi connectivity index (χ2v) is 7.37. The van der Waals surface area contributed by atoms with Crippen molar-refractivity contribution in [2.45, 2.75) is 6.54 Å². The van der Waals surface area contributed by atoms with E-state index in [4.69, 9.17) is 23.2 Å². The number of carbonyl (C=O) groups excluding carboxylic acids is 1. The monoisotopic (exact) mass is 421 g/mol. The summed E-state index contributed by atoms with van der Waals surface area (Å²) in [4.78, 5) is 12.9. The van der Waals surface area contributed by atoms with E-state index in [-0.39, 0.29) is 5.91 Å². The minimum atomic E-state index is -0.245. The van der Waals surface area contributed by atoms with Gasteiger partial charge in [-0.1, -0.05) is 65.7 Å². The first kappa shape index (κ1) is 19.2. The van der Waals surface area contributed by atoms with Crippen molar-refractivity contribution in [3.8, 4) is 11.1 Å². The van der Waals surface area contributed by atoms with E-state index in [1.54, 1.807) is 30.5 Å². The van der Waals surface area contributed by atoms with Crippen LogP contribution >= 0.6 is 23.2 Å². The Morgan fingerprint density at radius 1 is 0.966 bits per heavy atom. The highest BCUT2D eigenvalue weighted by molar-refractivity contribution is 6.36. The molecule has 0 unspecified atom stereocenters. The molecule has 29 heavy (non-hydrogen) atoms. The highest BCUT2D eigenvalue weighted by atomic mass is 35.5. The summed E-state index contributed by atoms with van der Waals surface area (Å²) in [5, 5.41) is 8.02. The van der Waals surface area contributed by atoms with E-state index >= 15 is 0 Å². The topological polar surface area (TPSA) is 46.9 Å². The molecule has 0 aliphatic carbocycles. The molecule has 1 aromatic heterocycles. The van der Waals surface area contributed by atoms with Gasteiger partial charge in [-0.3, -0.25) is 9.48 Å². The fourth-order valence-electron chi connectivity index (χ4n) is 3.09. The van der Waals surface area contributed by atoms with Gasteiger partial charge in [0.05, 0.1) is 17.3 Å². The number of rotatable bonds is 5. The van der Waals surface area contributed by atoms with Gasteiger partial charge in [0.25, 0.3) is 5.91 Å². The van der Waals surface area contributed by atoms with Crippen molar-refractivity contribution in [3.05, 3.63) is 106 Å². The Balaban J connectivity index is 1.59. The van der Waals surface area contributed by atoms with Gasteiger partial charge in [0, 0.05) is 23.0 Å². The van der Waals surface area contributed by atoms with E-state index in [2.05, 4.69) is 10.4 Å². The van der Waals surface area contributed by atoms with Crippen molar-refractivity contribution in [2.24, 2.45) is 0 Å². The third kappa shape index (κ3) is 4.50. The maximum atomic E-state index is 12.9. The molecule has 0 spiro atoms. The van der Waals surface area contributed by atoms with Crippen LogP contribution in [-0.4, -0.2) is 15.7 Å². The molecule has 4 nitrogen and oxygen atoms in total. The standard InChI is InChI=1S/C23H17Cl2N3O/c24-18-10-11-21(25)22(14-18)27-23(29)20-5-2-1-4-19(20)17-8-6-16(7-9-17)15-28-13-3-12-26-28/h1-14H,15H2,(H,27,29). The predicted octanol–water partition coefficient (Wildman–Crippen LogP) is 6.16. The van der Waals surface area contributed by atoms with Gasteiger partial charge in [0.15, 0.2) is 0 Å². The zero-order chi connectivity index (χ0) is 20.2. The lowest BCUT2D eigenvalue weighted by molar-refractivity contribution is 0.102. The smallest absolute Gasteiger partial charge is 0.256 e. The number of hydrogen-bond acceptors (Lipinski definition) is 2. The molecule has 0 radical (unpaired) electrons. The average Bonchev–Trinajstić information content (AvgIpc) is 3.24. The van der Waals surface area contributed by atoms with Crippen LogP contribution in [0.15, 0.2) is 85.2 Å². The van der Waals surface area contributed by atoms with Crippen LogP contribution in [0, 0.1) is 0 Å². The number of nitrogens with one attached hydrogen (secondary N) is 1. The highest BCUT2D eigenvalue weighted by Gasteiger charge is 2.14. The Labute approximate surface area is 178 Å². The molecule has 0 atom stereocenters. The molecule has 0 aliphatic rings. The average molecular weight is 422 g/mol. The van der Waals surface area contributed by atoms with Crippen LogP contribution in [0.3, 0.4) is 0 Å². The summed E-state index contributed by atoms with van der Waals surface area (Å²) in [7, 11) is 0. The number of amides is 1. The van der Waals surface area contributed by atoms with Crippen LogP contribution < -0.4 is 5.32 Å². The predicted molar refractivity (Wildman–Crippen MR) is 118 cm³/mol. The van der Waals surface area contributed by atoms with Crippen molar-refractivity contribution in [2.75, 3.05) is 5.32 Å². The molecule has 4 aromatic rings. The fourth-order valence-corrected chi connectivity index (χ4v) is 3.42. The van der Waals surface area contributed by atoms with E-state index in [1.807, 2.05) is 59.4 Å². The van der Waals surface area contributed by atoms with Gasteiger partial charge in [0.2, 0.25) is 0 Å². The van der Waals surface area contributed by atoms with E-state index in [1.165, 1.54) is 0 Å². The summed E-state index contributed by atoms with van der Waals surface area (Å²) < 4.78 is 1.87. The molecule has 6 heteroatoms. The Kier molecular flexibility index (Phi) is 5.65. The van der Waals surface area contributed by atoms with Gasteiger partial charge in [-0.25, -0.2) is 0 Å².